The molecule has 1 heterocycles. The fourth-order valence-electron chi connectivity index (χ4n) is 2.84. The van der Waals surface area contributed by atoms with Crippen molar-refractivity contribution in [2.24, 2.45) is 0 Å². The van der Waals surface area contributed by atoms with Crippen molar-refractivity contribution >= 4 is 5.91 Å². The molecule has 0 aliphatic carbocycles. The highest BCUT2D eigenvalue weighted by molar-refractivity contribution is 5.82. The number of amides is 1. The third-order valence-corrected chi connectivity index (χ3v) is 4.15. The van der Waals surface area contributed by atoms with Crippen LogP contribution in [-0.2, 0) is 11.2 Å². The summed E-state index contributed by atoms with van der Waals surface area (Å²) in [6, 6.07) is 15.2. The summed E-state index contributed by atoms with van der Waals surface area (Å²) >= 11 is 0. The second-order valence-electron chi connectivity index (χ2n) is 6.39. The van der Waals surface area contributed by atoms with Crippen LogP contribution in [0.25, 0.3) is 0 Å². The number of rotatable bonds is 5. The summed E-state index contributed by atoms with van der Waals surface area (Å²) in [4.78, 5) is 12.5. The Morgan fingerprint density at radius 1 is 1.20 bits per heavy atom. The van der Waals surface area contributed by atoms with E-state index < -0.39 is 12.2 Å². The number of nitrogens with one attached hydrogen (secondary N) is 1. The summed E-state index contributed by atoms with van der Waals surface area (Å²) in [5.74, 6) is 0.960. The fraction of sp³-hybridized carbons (Fsp3) is 0.350. The zero-order valence-electron chi connectivity index (χ0n) is 14.4. The first-order valence-corrected chi connectivity index (χ1v) is 8.48. The van der Waals surface area contributed by atoms with Gasteiger partial charge in [-0.3, -0.25) is 4.79 Å². The van der Waals surface area contributed by atoms with Crippen molar-refractivity contribution in [3.05, 3.63) is 59.7 Å². The van der Waals surface area contributed by atoms with Crippen molar-refractivity contribution in [2.45, 2.75) is 38.5 Å². The first kappa shape index (κ1) is 17.3. The molecule has 5 nitrogen and oxygen atoms in total. The maximum atomic E-state index is 12.5. The van der Waals surface area contributed by atoms with Crippen LogP contribution in [0.4, 0.5) is 0 Å². The standard InChI is InChI=1S/C20H23NO4/c1-13(22)10-15-8-9-17-18(11-15)24-12-19(25-17)20(23)21-14(2)16-6-4-3-5-7-16/h3-9,11,13-14,19,22H,10,12H2,1-2H3,(H,21,23)/t13?,14-,19+/m0/s1. The smallest absolute Gasteiger partial charge is 0.265 e. The summed E-state index contributed by atoms with van der Waals surface area (Å²) < 4.78 is 11.5. The highest BCUT2D eigenvalue weighted by Gasteiger charge is 2.28. The van der Waals surface area contributed by atoms with Crippen molar-refractivity contribution in [1.29, 1.82) is 0 Å². The molecule has 1 unspecified atom stereocenters. The van der Waals surface area contributed by atoms with Crippen LogP contribution >= 0.6 is 0 Å². The van der Waals surface area contributed by atoms with E-state index in [9.17, 15) is 9.90 Å². The molecule has 25 heavy (non-hydrogen) atoms. The van der Waals surface area contributed by atoms with Gasteiger partial charge in [0, 0.05) is 0 Å². The van der Waals surface area contributed by atoms with E-state index in [-0.39, 0.29) is 18.6 Å². The lowest BCUT2D eigenvalue weighted by Gasteiger charge is -2.27. The lowest BCUT2D eigenvalue weighted by Crippen LogP contribution is -2.44. The van der Waals surface area contributed by atoms with Gasteiger partial charge in [-0.2, -0.15) is 0 Å². The average molecular weight is 341 g/mol. The summed E-state index contributed by atoms with van der Waals surface area (Å²) in [5, 5.41) is 12.4. The summed E-state index contributed by atoms with van der Waals surface area (Å²) in [6.07, 6.45) is -0.545. The Hall–Kier alpha value is -2.53. The predicted octanol–water partition coefficient (Wildman–Crippen LogP) is 2.63. The SMILES string of the molecule is CC(O)Cc1ccc2c(c1)OC[C@H](C(=O)N[C@@H](C)c1ccccc1)O2. The number of hydrogen-bond acceptors (Lipinski definition) is 4. The van der Waals surface area contributed by atoms with Gasteiger partial charge in [0.2, 0.25) is 6.10 Å². The lowest BCUT2D eigenvalue weighted by molar-refractivity contribution is -0.131. The molecule has 0 bridgehead atoms. The Morgan fingerprint density at radius 2 is 1.96 bits per heavy atom. The van der Waals surface area contributed by atoms with Crippen molar-refractivity contribution in [3.8, 4) is 11.5 Å². The van der Waals surface area contributed by atoms with Gasteiger partial charge in [0.25, 0.3) is 5.91 Å². The number of benzene rings is 2. The molecule has 2 aromatic rings. The third-order valence-electron chi connectivity index (χ3n) is 4.15. The van der Waals surface area contributed by atoms with E-state index in [1.165, 1.54) is 0 Å². The molecule has 0 fully saturated rings. The lowest BCUT2D eigenvalue weighted by atomic mass is 10.1. The maximum Gasteiger partial charge on any atom is 0.265 e. The highest BCUT2D eigenvalue weighted by atomic mass is 16.6. The molecule has 0 aromatic heterocycles. The van der Waals surface area contributed by atoms with Gasteiger partial charge in [-0.25, -0.2) is 0 Å². The van der Waals surface area contributed by atoms with Crippen LogP contribution in [0.2, 0.25) is 0 Å². The van der Waals surface area contributed by atoms with Gasteiger partial charge in [0.15, 0.2) is 11.5 Å². The van der Waals surface area contributed by atoms with Crippen LogP contribution in [0, 0.1) is 0 Å². The van der Waals surface area contributed by atoms with E-state index in [2.05, 4.69) is 5.32 Å². The van der Waals surface area contributed by atoms with Crippen LogP contribution in [-0.4, -0.2) is 29.8 Å². The molecule has 0 radical (unpaired) electrons. The minimum Gasteiger partial charge on any atom is -0.485 e. The minimum atomic E-state index is -0.679. The molecule has 1 aliphatic rings. The monoisotopic (exact) mass is 341 g/mol. The summed E-state index contributed by atoms with van der Waals surface area (Å²) in [5.41, 5.74) is 2.01. The van der Waals surface area contributed by atoms with E-state index in [1.807, 2.05) is 49.4 Å². The van der Waals surface area contributed by atoms with Crippen LogP contribution in [0.15, 0.2) is 48.5 Å². The van der Waals surface area contributed by atoms with Crippen molar-refractivity contribution in [3.63, 3.8) is 0 Å². The predicted molar refractivity (Wildman–Crippen MR) is 94.7 cm³/mol. The minimum absolute atomic E-state index is 0.105. The largest absolute Gasteiger partial charge is 0.485 e. The number of hydrogen-bond donors (Lipinski definition) is 2. The number of ether oxygens (including phenoxy) is 2. The fourth-order valence-corrected chi connectivity index (χ4v) is 2.84. The van der Waals surface area contributed by atoms with Gasteiger partial charge in [-0.05, 0) is 43.5 Å². The average Bonchev–Trinajstić information content (AvgIpc) is 2.61. The Balaban J connectivity index is 1.63. The highest BCUT2D eigenvalue weighted by Crippen LogP contribution is 2.33. The van der Waals surface area contributed by atoms with E-state index in [0.717, 1.165) is 11.1 Å². The number of fused-ring (bicyclic) bond motifs is 1. The zero-order chi connectivity index (χ0) is 17.8. The molecule has 1 aliphatic heterocycles. The second kappa shape index (κ2) is 7.57. The molecule has 5 heteroatoms. The Morgan fingerprint density at radius 3 is 2.68 bits per heavy atom. The van der Waals surface area contributed by atoms with Crippen LogP contribution in [0.3, 0.4) is 0 Å². The molecular weight excluding hydrogens is 318 g/mol. The van der Waals surface area contributed by atoms with Crippen molar-refractivity contribution in [1.82, 2.24) is 5.32 Å². The number of aliphatic hydroxyl groups is 1. The molecule has 0 saturated heterocycles. The molecule has 3 rings (SSSR count). The molecule has 0 saturated carbocycles. The number of aliphatic hydroxyl groups excluding tert-OH is 1. The Kier molecular flexibility index (Phi) is 5.24. The zero-order valence-corrected chi connectivity index (χ0v) is 14.4. The number of carbonyl (C=O) groups excluding carboxylic acids is 1. The molecule has 132 valence electrons. The normalized spacial score (nSPS) is 18.3. The molecule has 0 spiro atoms. The van der Waals surface area contributed by atoms with Crippen LogP contribution < -0.4 is 14.8 Å². The second-order valence-corrected chi connectivity index (χ2v) is 6.39. The summed E-state index contributed by atoms with van der Waals surface area (Å²) in [6.45, 7) is 3.84. The van der Waals surface area contributed by atoms with E-state index in [4.69, 9.17) is 9.47 Å². The first-order valence-electron chi connectivity index (χ1n) is 8.48. The van der Waals surface area contributed by atoms with Crippen LogP contribution in [0.1, 0.15) is 31.0 Å². The first-order chi connectivity index (χ1) is 12.0. The molecular formula is C20H23NO4. The van der Waals surface area contributed by atoms with Gasteiger partial charge in [0.05, 0.1) is 12.1 Å². The molecule has 2 N–H and O–H groups in total. The molecule has 3 atom stereocenters. The topological polar surface area (TPSA) is 67.8 Å². The Labute approximate surface area is 147 Å². The third kappa shape index (κ3) is 4.31. The van der Waals surface area contributed by atoms with Gasteiger partial charge in [0.1, 0.15) is 6.61 Å². The summed E-state index contributed by atoms with van der Waals surface area (Å²) in [7, 11) is 0. The number of carbonyl (C=O) groups is 1. The van der Waals surface area contributed by atoms with E-state index in [1.54, 1.807) is 13.0 Å². The van der Waals surface area contributed by atoms with Crippen molar-refractivity contribution < 1.29 is 19.4 Å². The molecule has 1 amide bonds. The van der Waals surface area contributed by atoms with Gasteiger partial charge in [-0.1, -0.05) is 36.4 Å². The van der Waals surface area contributed by atoms with E-state index in [0.29, 0.717) is 17.9 Å². The quantitative estimate of drug-likeness (QED) is 0.877. The molecule has 2 aromatic carbocycles. The Bertz CT molecular complexity index is 730. The van der Waals surface area contributed by atoms with E-state index >= 15 is 0 Å². The van der Waals surface area contributed by atoms with Gasteiger partial charge < -0.3 is 19.9 Å². The van der Waals surface area contributed by atoms with Gasteiger partial charge >= 0.3 is 0 Å². The van der Waals surface area contributed by atoms with Crippen molar-refractivity contribution in [2.75, 3.05) is 6.61 Å². The van der Waals surface area contributed by atoms with Crippen LogP contribution in [0.5, 0.6) is 11.5 Å². The van der Waals surface area contributed by atoms with Gasteiger partial charge in [-0.15, -0.1) is 0 Å². The maximum absolute atomic E-state index is 12.5.